The predicted molar refractivity (Wildman–Crippen MR) is 107 cm³/mol. The number of ether oxygens (including phenoxy) is 1. The van der Waals surface area contributed by atoms with Crippen molar-refractivity contribution in [3.8, 4) is 5.75 Å². The lowest BCUT2D eigenvalue weighted by Crippen LogP contribution is -2.35. The molecule has 1 saturated carbocycles. The number of benzene rings is 2. The van der Waals surface area contributed by atoms with Gasteiger partial charge in [-0.2, -0.15) is 0 Å². The van der Waals surface area contributed by atoms with Crippen LogP contribution in [0, 0.1) is 5.92 Å². The first-order valence-electron chi connectivity index (χ1n) is 9.96. The number of hydrogen-bond acceptors (Lipinski definition) is 3. The van der Waals surface area contributed by atoms with Gasteiger partial charge in [0.2, 0.25) is 0 Å². The van der Waals surface area contributed by atoms with Crippen LogP contribution in [0.1, 0.15) is 36.3 Å². The summed E-state index contributed by atoms with van der Waals surface area (Å²) in [7, 11) is 2.23. The van der Waals surface area contributed by atoms with E-state index in [9.17, 15) is 0 Å². The third-order valence-corrected chi connectivity index (χ3v) is 5.85. The van der Waals surface area contributed by atoms with E-state index >= 15 is 0 Å². The first-order chi connectivity index (χ1) is 12.8. The van der Waals surface area contributed by atoms with Crippen LogP contribution in [0.3, 0.4) is 0 Å². The van der Waals surface area contributed by atoms with Gasteiger partial charge in [-0.3, -0.25) is 0 Å². The standard InChI is InChI=1S/C23H30N2O/c1-25-13-11-18(12-14-25)16-24-23-15-22(23)20-7-9-21(10-8-20)26-17-19-5-3-2-4-6-19/h2-10,18,22-24H,11-17H2,1H3/t22-,23+/m0/s1. The van der Waals surface area contributed by atoms with Crippen molar-refractivity contribution >= 4 is 0 Å². The Morgan fingerprint density at radius 2 is 1.73 bits per heavy atom. The highest BCUT2D eigenvalue weighted by Crippen LogP contribution is 2.41. The average Bonchev–Trinajstić information content (AvgIpc) is 3.47. The quantitative estimate of drug-likeness (QED) is 0.815. The highest BCUT2D eigenvalue weighted by molar-refractivity contribution is 5.34. The largest absolute Gasteiger partial charge is 0.489 e. The molecule has 3 heteroatoms. The zero-order valence-electron chi connectivity index (χ0n) is 15.7. The molecule has 0 bridgehead atoms. The summed E-state index contributed by atoms with van der Waals surface area (Å²) in [5.41, 5.74) is 2.65. The molecular formula is C23H30N2O. The summed E-state index contributed by atoms with van der Waals surface area (Å²) in [4.78, 5) is 2.44. The number of hydrogen-bond donors (Lipinski definition) is 1. The van der Waals surface area contributed by atoms with Gasteiger partial charge < -0.3 is 15.0 Å². The minimum atomic E-state index is 0.629. The highest BCUT2D eigenvalue weighted by atomic mass is 16.5. The van der Waals surface area contributed by atoms with E-state index in [1.807, 2.05) is 18.2 Å². The van der Waals surface area contributed by atoms with Crippen LogP contribution in [0.15, 0.2) is 54.6 Å². The second-order valence-electron chi connectivity index (χ2n) is 7.95. The van der Waals surface area contributed by atoms with Crippen molar-refractivity contribution < 1.29 is 4.74 Å². The number of likely N-dealkylation sites (tertiary alicyclic amines) is 1. The Kier molecular flexibility index (Phi) is 5.57. The van der Waals surface area contributed by atoms with Gasteiger partial charge in [0, 0.05) is 12.0 Å². The van der Waals surface area contributed by atoms with Crippen LogP contribution >= 0.6 is 0 Å². The van der Waals surface area contributed by atoms with Gasteiger partial charge in [-0.05, 0) is 75.1 Å². The minimum Gasteiger partial charge on any atom is -0.489 e. The molecule has 1 N–H and O–H groups in total. The number of piperidine rings is 1. The molecule has 2 aliphatic rings. The van der Waals surface area contributed by atoms with Crippen LogP contribution in [0.5, 0.6) is 5.75 Å². The molecule has 3 nitrogen and oxygen atoms in total. The van der Waals surface area contributed by atoms with Crippen LogP contribution < -0.4 is 10.1 Å². The molecule has 1 heterocycles. The van der Waals surface area contributed by atoms with Crippen molar-refractivity contribution in [1.82, 2.24) is 10.2 Å². The van der Waals surface area contributed by atoms with E-state index in [0.29, 0.717) is 18.6 Å². The lowest BCUT2D eigenvalue weighted by atomic mass is 9.97. The second kappa shape index (κ2) is 8.24. The van der Waals surface area contributed by atoms with Gasteiger partial charge in [0.05, 0.1) is 0 Å². The molecule has 1 aliphatic heterocycles. The molecule has 0 radical (unpaired) electrons. The minimum absolute atomic E-state index is 0.629. The highest BCUT2D eigenvalue weighted by Gasteiger charge is 2.38. The molecule has 0 unspecified atom stereocenters. The molecule has 0 spiro atoms. The van der Waals surface area contributed by atoms with Crippen molar-refractivity contribution in [2.24, 2.45) is 5.92 Å². The fraction of sp³-hybridized carbons (Fsp3) is 0.478. The normalized spacial score (nSPS) is 23.7. The van der Waals surface area contributed by atoms with E-state index in [1.165, 1.54) is 50.0 Å². The monoisotopic (exact) mass is 350 g/mol. The van der Waals surface area contributed by atoms with E-state index in [1.54, 1.807) is 0 Å². The third kappa shape index (κ3) is 4.66. The summed E-state index contributed by atoms with van der Waals surface area (Å²) in [6.07, 6.45) is 3.96. The zero-order chi connectivity index (χ0) is 17.8. The fourth-order valence-electron chi connectivity index (χ4n) is 3.93. The van der Waals surface area contributed by atoms with Crippen molar-refractivity contribution in [2.45, 2.75) is 37.8 Å². The maximum absolute atomic E-state index is 5.89. The van der Waals surface area contributed by atoms with E-state index in [0.717, 1.165) is 11.7 Å². The lowest BCUT2D eigenvalue weighted by molar-refractivity contribution is 0.215. The molecule has 26 heavy (non-hydrogen) atoms. The molecule has 4 rings (SSSR count). The van der Waals surface area contributed by atoms with Crippen molar-refractivity contribution in [2.75, 3.05) is 26.7 Å². The summed E-state index contributed by atoms with van der Waals surface area (Å²) in [5.74, 6) is 2.50. The molecule has 2 aromatic rings. The van der Waals surface area contributed by atoms with Crippen LogP contribution in [-0.2, 0) is 6.61 Å². The van der Waals surface area contributed by atoms with E-state index in [4.69, 9.17) is 4.74 Å². The number of nitrogens with one attached hydrogen (secondary N) is 1. The lowest BCUT2D eigenvalue weighted by Gasteiger charge is -2.29. The molecule has 2 aromatic carbocycles. The molecule has 1 saturated heterocycles. The van der Waals surface area contributed by atoms with Crippen LogP contribution in [0.4, 0.5) is 0 Å². The second-order valence-corrected chi connectivity index (χ2v) is 7.95. The molecule has 2 fully saturated rings. The zero-order valence-corrected chi connectivity index (χ0v) is 15.7. The van der Waals surface area contributed by atoms with Crippen molar-refractivity contribution in [1.29, 1.82) is 0 Å². The Balaban J connectivity index is 1.21. The van der Waals surface area contributed by atoms with Gasteiger partial charge in [-0.15, -0.1) is 0 Å². The summed E-state index contributed by atoms with van der Waals surface area (Å²) in [6, 6.07) is 19.7. The van der Waals surface area contributed by atoms with Crippen LogP contribution in [-0.4, -0.2) is 37.6 Å². The Hall–Kier alpha value is -1.84. The fourth-order valence-corrected chi connectivity index (χ4v) is 3.93. The average molecular weight is 351 g/mol. The topological polar surface area (TPSA) is 24.5 Å². The Morgan fingerprint density at radius 1 is 1.00 bits per heavy atom. The SMILES string of the molecule is CN1CCC(CN[C@@H]2C[C@H]2c2ccc(OCc3ccccc3)cc2)CC1. The van der Waals surface area contributed by atoms with Crippen LogP contribution in [0.2, 0.25) is 0 Å². The summed E-state index contributed by atoms with van der Waals surface area (Å²) >= 11 is 0. The Labute approximate surface area is 157 Å². The van der Waals surface area contributed by atoms with Gasteiger partial charge in [-0.1, -0.05) is 42.5 Å². The summed E-state index contributed by atoms with van der Waals surface area (Å²) < 4.78 is 5.89. The summed E-state index contributed by atoms with van der Waals surface area (Å²) in [5, 5.41) is 3.80. The molecule has 1 aliphatic carbocycles. The van der Waals surface area contributed by atoms with Crippen molar-refractivity contribution in [3.05, 3.63) is 65.7 Å². The summed E-state index contributed by atoms with van der Waals surface area (Å²) in [6.45, 7) is 4.33. The van der Waals surface area contributed by atoms with E-state index in [-0.39, 0.29) is 0 Å². The predicted octanol–water partition coefficient (Wildman–Crippen LogP) is 4.05. The number of rotatable bonds is 7. The first-order valence-corrected chi connectivity index (χ1v) is 9.96. The van der Waals surface area contributed by atoms with E-state index < -0.39 is 0 Å². The Bertz CT molecular complexity index is 677. The molecule has 0 aromatic heterocycles. The van der Waals surface area contributed by atoms with Crippen molar-refractivity contribution in [3.63, 3.8) is 0 Å². The van der Waals surface area contributed by atoms with Crippen LogP contribution in [0.25, 0.3) is 0 Å². The molecule has 2 atom stereocenters. The van der Waals surface area contributed by atoms with Gasteiger partial charge >= 0.3 is 0 Å². The maximum Gasteiger partial charge on any atom is 0.119 e. The third-order valence-electron chi connectivity index (χ3n) is 5.85. The molecular weight excluding hydrogens is 320 g/mol. The Morgan fingerprint density at radius 3 is 2.46 bits per heavy atom. The first kappa shape index (κ1) is 17.6. The van der Waals surface area contributed by atoms with Gasteiger partial charge in [0.25, 0.3) is 0 Å². The molecule has 138 valence electrons. The number of nitrogens with zero attached hydrogens (tertiary/aromatic N) is 1. The molecule has 0 amide bonds. The van der Waals surface area contributed by atoms with E-state index in [2.05, 4.69) is 53.7 Å². The van der Waals surface area contributed by atoms with Gasteiger partial charge in [0.15, 0.2) is 0 Å². The maximum atomic E-state index is 5.89. The van der Waals surface area contributed by atoms with Gasteiger partial charge in [-0.25, -0.2) is 0 Å². The smallest absolute Gasteiger partial charge is 0.119 e. The van der Waals surface area contributed by atoms with Gasteiger partial charge in [0.1, 0.15) is 12.4 Å².